The van der Waals surface area contributed by atoms with Crippen LogP contribution in [0.5, 0.6) is 0 Å². The Morgan fingerprint density at radius 3 is 2.56 bits per heavy atom. The molecule has 18 heavy (non-hydrogen) atoms. The number of anilines is 1. The molecule has 0 saturated carbocycles. The molecule has 2 rings (SSSR count). The lowest BCUT2D eigenvalue weighted by Gasteiger charge is -2.15. The first-order chi connectivity index (χ1) is 8.41. The summed E-state index contributed by atoms with van der Waals surface area (Å²) in [5.74, 6) is -0.788. The van der Waals surface area contributed by atoms with Gasteiger partial charge in [0.15, 0.2) is 0 Å². The summed E-state index contributed by atoms with van der Waals surface area (Å²) in [6, 6.07) is 3.07. The molecule has 0 aliphatic carbocycles. The first kappa shape index (κ1) is 13.0. The standard InChI is InChI=1S/C12H12BrF2N3/c1-6-11(13)12(16)18(17-6)7(2)9-4-3-8(14)5-10(9)15/h3-5,7H,16H2,1-2H3. The van der Waals surface area contributed by atoms with Crippen LogP contribution in [0.4, 0.5) is 14.6 Å². The summed E-state index contributed by atoms with van der Waals surface area (Å²) in [7, 11) is 0. The number of benzene rings is 1. The molecule has 0 fully saturated rings. The molecule has 0 aliphatic heterocycles. The minimum absolute atomic E-state index is 0.345. The van der Waals surface area contributed by atoms with Crippen LogP contribution in [0.15, 0.2) is 22.7 Å². The Kier molecular flexibility index (Phi) is 3.38. The van der Waals surface area contributed by atoms with Gasteiger partial charge in [0.2, 0.25) is 0 Å². The summed E-state index contributed by atoms with van der Waals surface area (Å²) in [6.07, 6.45) is 0. The minimum atomic E-state index is -0.605. The van der Waals surface area contributed by atoms with Gasteiger partial charge in [-0.1, -0.05) is 6.07 Å². The predicted octanol–water partition coefficient (Wildman–Crippen LogP) is 3.42. The highest BCUT2D eigenvalue weighted by Crippen LogP contribution is 2.29. The van der Waals surface area contributed by atoms with Crippen molar-refractivity contribution in [1.29, 1.82) is 0 Å². The minimum Gasteiger partial charge on any atom is -0.383 e. The van der Waals surface area contributed by atoms with E-state index < -0.39 is 17.7 Å². The van der Waals surface area contributed by atoms with Crippen LogP contribution in [-0.4, -0.2) is 9.78 Å². The van der Waals surface area contributed by atoms with Crippen molar-refractivity contribution in [1.82, 2.24) is 9.78 Å². The van der Waals surface area contributed by atoms with Crippen molar-refractivity contribution in [2.45, 2.75) is 19.9 Å². The Bertz CT molecular complexity index is 595. The molecule has 0 aliphatic rings. The van der Waals surface area contributed by atoms with Crippen molar-refractivity contribution < 1.29 is 8.78 Å². The van der Waals surface area contributed by atoms with E-state index in [-0.39, 0.29) is 0 Å². The van der Waals surface area contributed by atoms with Gasteiger partial charge in [0.1, 0.15) is 17.5 Å². The van der Waals surface area contributed by atoms with E-state index in [0.29, 0.717) is 15.9 Å². The largest absolute Gasteiger partial charge is 0.383 e. The van der Waals surface area contributed by atoms with Crippen molar-refractivity contribution in [2.24, 2.45) is 0 Å². The van der Waals surface area contributed by atoms with Gasteiger partial charge in [0.25, 0.3) is 0 Å². The lowest BCUT2D eigenvalue weighted by Crippen LogP contribution is -2.13. The van der Waals surface area contributed by atoms with E-state index in [0.717, 1.165) is 11.8 Å². The van der Waals surface area contributed by atoms with Gasteiger partial charge < -0.3 is 5.73 Å². The fourth-order valence-corrected chi connectivity index (χ4v) is 2.07. The summed E-state index contributed by atoms with van der Waals surface area (Å²) in [5.41, 5.74) is 6.95. The molecule has 1 aromatic carbocycles. The third-order valence-corrected chi connectivity index (χ3v) is 3.81. The molecule has 0 spiro atoms. The molecule has 1 atom stereocenters. The molecule has 0 saturated heterocycles. The second-order valence-electron chi connectivity index (χ2n) is 4.07. The fourth-order valence-electron chi connectivity index (χ4n) is 1.81. The van der Waals surface area contributed by atoms with E-state index in [4.69, 9.17) is 5.73 Å². The first-order valence-electron chi connectivity index (χ1n) is 5.37. The number of rotatable bonds is 2. The van der Waals surface area contributed by atoms with E-state index in [1.807, 2.05) is 0 Å². The normalized spacial score (nSPS) is 12.7. The molecule has 2 aromatic rings. The molecule has 6 heteroatoms. The molecule has 1 unspecified atom stereocenters. The Morgan fingerprint density at radius 1 is 1.39 bits per heavy atom. The smallest absolute Gasteiger partial charge is 0.137 e. The number of nitrogens with two attached hydrogens (primary N) is 1. The Hall–Kier alpha value is -1.43. The van der Waals surface area contributed by atoms with Crippen LogP contribution in [0.3, 0.4) is 0 Å². The second kappa shape index (κ2) is 4.68. The molecule has 0 amide bonds. The van der Waals surface area contributed by atoms with Crippen LogP contribution in [0.25, 0.3) is 0 Å². The number of aromatic nitrogens is 2. The van der Waals surface area contributed by atoms with Gasteiger partial charge in [-0.3, -0.25) is 0 Å². The van der Waals surface area contributed by atoms with Crippen molar-refractivity contribution in [2.75, 3.05) is 5.73 Å². The van der Waals surface area contributed by atoms with Crippen LogP contribution >= 0.6 is 15.9 Å². The molecule has 2 N–H and O–H groups in total. The number of hydrogen-bond acceptors (Lipinski definition) is 2. The Labute approximate surface area is 112 Å². The molecule has 96 valence electrons. The van der Waals surface area contributed by atoms with Crippen LogP contribution in [-0.2, 0) is 0 Å². The number of halogens is 3. The van der Waals surface area contributed by atoms with Gasteiger partial charge in [-0.25, -0.2) is 13.5 Å². The van der Waals surface area contributed by atoms with Crippen molar-refractivity contribution in [3.8, 4) is 0 Å². The van der Waals surface area contributed by atoms with E-state index in [1.165, 1.54) is 16.8 Å². The molecule has 3 nitrogen and oxygen atoms in total. The zero-order valence-electron chi connectivity index (χ0n) is 9.92. The van der Waals surface area contributed by atoms with E-state index in [1.54, 1.807) is 13.8 Å². The number of nitrogen functional groups attached to an aromatic ring is 1. The summed E-state index contributed by atoms with van der Waals surface area (Å²) in [4.78, 5) is 0. The van der Waals surface area contributed by atoms with E-state index >= 15 is 0 Å². The lowest BCUT2D eigenvalue weighted by atomic mass is 10.1. The highest BCUT2D eigenvalue weighted by molar-refractivity contribution is 9.10. The summed E-state index contributed by atoms with van der Waals surface area (Å²) < 4.78 is 28.8. The summed E-state index contributed by atoms with van der Waals surface area (Å²) in [5, 5.41) is 4.23. The molecule has 0 radical (unpaired) electrons. The maximum Gasteiger partial charge on any atom is 0.137 e. The quantitative estimate of drug-likeness (QED) is 0.922. The van der Waals surface area contributed by atoms with Crippen LogP contribution in [0.2, 0.25) is 0 Å². The monoisotopic (exact) mass is 315 g/mol. The molecule has 0 bridgehead atoms. The van der Waals surface area contributed by atoms with Crippen LogP contribution in [0, 0.1) is 18.6 Å². The first-order valence-corrected chi connectivity index (χ1v) is 6.16. The topological polar surface area (TPSA) is 43.8 Å². The average molecular weight is 316 g/mol. The maximum absolute atomic E-state index is 13.7. The summed E-state index contributed by atoms with van der Waals surface area (Å²) in [6.45, 7) is 3.55. The van der Waals surface area contributed by atoms with Gasteiger partial charge in [0.05, 0.1) is 16.2 Å². The number of hydrogen-bond donors (Lipinski definition) is 1. The predicted molar refractivity (Wildman–Crippen MR) is 69.2 cm³/mol. The van der Waals surface area contributed by atoms with E-state index in [2.05, 4.69) is 21.0 Å². The average Bonchev–Trinajstić information content (AvgIpc) is 2.56. The Balaban J connectivity index is 2.47. The fraction of sp³-hybridized carbons (Fsp3) is 0.250. The highest BCUT2D eigenvalue weighted by atomic mass is 79.9. The third kappa shape index (κ3) is 2.12. The van der Waals surface area contributed by atoms with Crippen LogP contribution in [0.1, 0.15) is 24.2 Å². The zero-order chi connectivity index (χ0) is 13.4. The molecular weight excluding hydrogens is 304 g/mol. The second-order valence-corrected chi connectivity index (χ2v) is 4.86. The van der Waals surface area contributed by atoms with Crippen molar-refractivity contribution >= 4 is 21.7 Å². The van der Waals surface area contributed by atoms with Gasteiger partial charge in [0, 0.05) is 11.6 Å². The third-order valence-electron chi connectivity index (χ3n) is 2.83. The van der Waals surface area contributed by atoms with Crippen molar-refractivity contribution in [3.63, 3.8) is 0 Å². The van der Waals surface area contributed by atoms with E-state index in [9.17, 15) is 8.78 Å². The van der Waals surface area contributed by atoms with Crippen molar-refractivity contribution in [3.05, 3.63) is 45.6 Å². The van der Waals surface area contributed by atoms with Gasteiger partial charge in [-0.05, 0) is 35.8 Å². The van der Waals surface area contributed by atoms with Gasteiger partial charge >= 0.3 is 0 Å². The SMILES string of the molecule is Cc1nn(C(C)c2ccc(F)cc2F)c(N)c1Br. The lowest BCUT2D eigenvalue weighted by molar-refractivity contribution is 0.514. The maximum atomic E-state index is 13.7. The highest BCUT2D eigenvalue weighted by Gasteiger charge is 2.19. The molecule has 1 aromatic heterocycles. The number of aryl methyl sites for hydroxylation is 1. The molecular formula is C12H12BrF2N3. The van der Waals surface area contributed by atoms with Gasteiger partial charge in [-0.15, -0.1) is 0 Å². The number of nitrogens with zero attached hydrogens (tertiary/aromatic N) is 2. The summed E-state index contributed by atoms with van der Waals surface area (Å²) >= 11 is 3.31. The molecule has 1 heterocycles. The zero-order valence-corrected chi connectivity index (χ0v) is 11.5. The van der Waals surface area contributed by atoms with Crippen LogP contribution < -0.4 is 5.73 Å². The van der Waals surface area contributed by atoms with Gasteiger partial charge in [-0.2, -0.15) is 5.10 Å². The Morgan fingerprint density at radius 2 is 2.06 bits per heavy atom.